The molecule has 1 aromatic rings. The minimum absolute atomic E-state index is 0.135. The highest BCUT2D eigenvalue weighted by atomic mass is 35.5. The van der Waals surface area contributed by atoms with E-state index in [2.05, 4.69) is 22.2 Å². The molecule has 1 aliphatic carbocycles. The standard InChI is InChI=1S/C14H22ClN3O/c1-3-4-12-17-13(15)9(2)14(18-12)16-10-5-7-11(19)8-6-10/h10-11,19H,3-8H2,1-2H3,(H,16,17,18). The second-order valence-electron chi connectivity index (χ2n) is 5.30. The Bertz CT molecular complexity index is 431. The number of nitrogens with zero attached hydrogens (tertiary/aromatic N) is 2. The van der Waals surface area contributed by atoms with Gasteiger partial charge in [-0.05, 0) is 39.0 Å². The molecule has 0 aromatic carbocycles. The van der Waals surface area contributed by atoms with Crippen LogP contribution in [-0.4, -0.2) is 27.2 Å². The van der Waals surface area contributed by atoms with Crippen molar-refractivity contribution in [1.82, 2.24) is 9.97 Å². The highest BCUT2D eigenvalue weighted by molar-refractivity contribution is 6.30. The fraction of sp³-hybridized carbons (Fsp3) is 0.714. The maximum absolute atomic E-state index is 9.53. The van der Waals surface area contributed by atoms with Gasteiger partial charge in [0.1, 0.15) is 16.8 Å². The van der Waals surface area contributed by atoms with E-state index in [1.54, 1.807) is 0 Å². The molecule has 4 nitrogen and oxygen atoms in total. The molecule has 1 aromatic heterocycles. The molecule has 2 rings (SSSR count). The van der Waals surface area contributed by atoms with Gasteiger partial charge in [-0.2, -0.15) is 0 Å². The van der Waals surface area contributed by atoms with Crippen LogP contribution in [0.5, 0.6) is 0 Å². The molecular formula is C14H22ClN3O. The Hall–Kier alpha value is -0.870. The molecule has 0 saturated heterocycles. The summed E-state index contributed by atoms with van der Waals surface area (Å²) in [4.78, 5) is 8.87. The fourth-order valence-corrected chi connectivity index (χ4v) is 2.61. The molecule has 0 radical (unpaired) electrons. The first kappa shape index (κ1) is 14.5. The van der Waals surface area contributed by atoms with Gasteiger partial charge in [-0.25, -0.2) is 9.97 Å². The lowest BCUT2D eigenvalue weighted by molar-refractivity contribution is 0.126. The summed E-state index contributed by atoms with van der Waals surface area (Å²) in [7, 11) is 0. The summed E-state index contributed by atoms with van der Waals surface area (Å²) in [6.07, 6.45) is 5.39. The molecule has 1 heterocycles. The SMILES string of the molecule is CCCc1nc(Cl)c(C)c(NC2CCC(O)CC2)n1. The van der Waals surface area contributed by atoms with Gasteiger partial charge in [-0.1, -0.05) is 18.5 Å². The van der Waals surface area contributed by atoms with E-state index in [-0.39, 0.29) is 6.10 Å². The Morgan fingerprint density at radius 3 is 2.58 bits per heavy atom. The molecule has 0 amide bonds. The smallest absolute Gasteiger partial charge is 0.137 e. The molecule has 1 saturated carbocycles. The van der Waals surface area contributed by atoms with E-state index in [0.717, 1.165) is 55.7 Å². The second-order valence-corrected chi connectivity index (χ2v) is 5.66. The number of rotatable bonds is 4. The Balaban J connectivity index is 2.10. The molecule has 1 fully saturated rings. The summed E-state index contributed by atoms with van der Waals surface area (Å²) in [6.45, 7) is 4.05. The summed E-state index contributed by atoms with van der Waals surface area (Å²) < 4.78 is 0. The Kier molecular flexibility index (Phi) is 4.99. The van der Waals surface area contributed by atoms with E-state index < -0.39 is 0 Å². The predicted octanol–water partition coefficient (Wildman–Crippen LogP) is 3.11. The van der Waals surface area contributed by atoms with Crippen LogP contribution in [0.15, 0.2) is 0 Å². The molecule has 5 heteroatoms. The number of hydrogen-bond acceptors (Lipinski definition) is 4. The second kappa shape index (κ2) is 6.53. The quantitative estimate of drug-likeness (QED) is 0.834. The number of nitrogens with one attached hydrogen (secondary N) is 1. The summed E-state index contributed by atoms with van der Waals surface area (Å²) in [5, 5.41) is 13.5. The van der Waals surface area contributed by atoms with Gasteiger partial charge >= 0.3 is 0 Å². The topological polar surface area (TPSA) is 58.0 Å². The number of aliphatic hydroxyl groups excluding tert-OH is 1. The van der Waals surface area contributed by atoms with Crippen molar-refractivity contribution in [3.05, 3.63) is 16.5 Å². The largest absolute Gasteiger partial charge is 0.393 e. The fourth-order valence-electron chi connectivity index (χ4n) is 2.42. The summed E-state index contributed by atoms with van der Waals surface area (Å²) in [6, 6.07) is 0.377. The van der Waals surface area contributed by atoms with Crippen molar-refractivity contribution in [3.63, 3.8) is 0 Å². The third kappa shape index (κ3) is 3.80. The molecule has 0 spiro atoms. The van der Waals surface area contributed by atoms with Crippen LogP contribution >= 0.6 is 11.6 Å². The molecule has 19 heavy (non-hydrogen) atoms. The Morgan fingerprint density at radius 1 is 1.26 bits per heavy atom. The minimum Gasteiger partial charge on any atom is -0.393 e. The van der Waals surface area contributed by atoms with Gasteiger partial charge in [0.05, 0.1) is 6.10 Å². The Morgan fingerprint density at radius 2 is 1.95 bits per heavy atom. The van der Waals surface area contributed by atoms with E-state index in [4.69, 9.17) is 11.6 Å². The predicted molar refractivity (Wildman–Crippen MR) is 77.7 cm³/mol. The van der Waals surface area contributed by atoms with Crippen LogP contribution in [0.1, 0.15) is 50.4 Å². The number of aryl methyl sites for hydroxylation is 1. The average Bonchev–Trinajstić information content (AvgIpc) is 2.38. The molecule has 0 unspecified atom stereocenters. The lowest BCUT2D eigenvalue weighted by atomic mass is 9.93. The molecule has 0 atom stereocenters. The maximum Gasteiger partial charge on any atom is 0.137 e. The van der Waals surface area contributed by atoms with E-state index in [0.29, 0.717) is 11.2 Å². The van der Waals surface area contributed by atoms with Crippen LogP contribution in [-0.2, 0) is 6.42 Å². The van der Waals surface area contributed by atoms with Gasteiger partial charge in [0, 0.05) is 18.0 Å². The lowest BCUT2D eigenvalue weighted by Crippen LogP contribution is -2.29. The zero-order chi connectivity index (χ0) is 13.8. The van der Waals surface area contributed by atoms with E-state index >= 15 is 0 Å². The van der Waals surface area contributed by atoms with Crippen LogP contribution < -0.4 is 5.32 Å². The van der Waals surface area contributed by atoms with Crippen LogP contribution in [0, 0.1) is 6.92 Å². The third-order valence-corrected chi connectivity index (χ3v) is 4.01. The van der Waals surface area contributed by atoms with Gasteiger partial charge in [0.25, 0.3) is 0 Å². The number of hydrogen-bond donors (Lipinski definition) is 2. The maximum atomic E-state index is 9.53. The number of anilines is 1. The highest BCUT2D eigenvalue weighted by Crippen LogP contribution is 2.25. The zero-order valence-electron chi connectivity index (χ0n) is 11.6. The zero-order valence-corrected chi connectivity index (χ0v) is 12.4. The van der Waals surface area contributed by atoms with Crippen LogP contribution in [0.4, 0.5) is 5.82 Å². The number of aliphatic hydroxyl groups is 1. The van der Waals surface area contributed by atoms with Crippen LogP contribution in [0.3, 0.4) is 0 Å². The van der Waals surface area contributed by atoms with Crippen LogP contribution in [0.25, 0.3) is 0 Å². The van der Waals surface area contributed by atoms with E-state index in [1.807, 2.05) is 6.92 Å². The molecular weight excluding hydrogens is 262 g/mol. The normalized spacial score (nSPS) is 23.4. The van der Waals surface area contributed by atoms with Crippen molar-refractivity contribution in [1.29, 1.82) is 0 Å². The average molecular weight is 284 g/mol. The van der Waals surface area contributed by atoms with Gasteiger partial charge in [0.2, 0.25) is 0 Å². The monoisotopic (exact) mass is 283 g/mol. The molecule has 2 N–H and O–H groups in total. The van der Waals surface area contributed by atoms with Crippen molar-refractivity contribution in [3.8, 4) is 0 Å². The van der Waals surface area contributed by atoms with Crippen molar-refractivity contribution in [2.75, 3.05) is 5.32 Å². The van der Waals surface area contributed by atoms with Gasteiger partial charge in [-0.15, -0.1) is 0 Å². The van der Waals surface area contributed by atoms with Crippen LogP contribution in [0.2, 0.25) is 5.15 Å². The van der Waals surface area contributed by atoms with Gasteiger partial charge < -0.3 is 10.4 Å². The summed E-state index contributed by atoms with van der Waals surface area (Å²) in [5.74, 6) is 1.65. The molecule has 0 aliphatic heterocycles. The molecule has 0 bridgehead atoms. The van der Waals surface area contributed by atoms with E-state index in [9.17, 15) is 5.11 Å². The molecule has 106 valence electrons. The Labute approximate surface area is 119 Å². The van der Waals surface area contributed by atoms with Gasteiger partial charge in [0.15, 0.2) is 0 Å². The van der Waals surface area contributed by atoms with E-state index in [1.165, 1.54) is 0 Å². The van der Waals surface area contributed by atoms with Crippen molar-refractivity contribution in [2.45, 2.75) is 64.5 Å². The first-order valence-electron chi connectivity index (χ1n) is 7.07. The lowest BCUT2D eigenvalue weighted by Gasteiger charge is -2.27. The summed E-state index contributed by atoms with van der Waals surface area (Å²) in [5.41, 5.74) is 0.910. The first-order valence-corrected chi connectivity index (χ1v) is 7.45. The highest BCUT2D eigenvalue weighted by Gasteiger charge is 2.20. The minimum atomic E-state index is -0.135. The number of halogens is 1. The van der Waals surface area contributed by atoms with Crippen molar-refractivity contribution < 1.29 is 5.11 Å². The third-order valence-electron chi connectivity index (χ3n) is 3.64. The van der Waals surface area contributed by atoms with Gasteiger partial charge in [-0.3, -0.25) is 0 Å². The van der Waals surface area contributed by atoms with Crippen molar-refractivity contribution in [2.24, 2.45) is 0 Å². The first-order chi connectivity index (χ1) is 9.10. The molecule has 1 aliphatic rings. The number of aromatic nitrogens is 2. The summed E-state index contributed by atoms with van der Waals surface area (Å²) >= 11 is 6.16. The van der Waals surface area contributed by atoms with Crippen molar-refractivity contribution >= 4 is 17.4 Å².